The van der Waals surface area contributed by atoms with Crippen LogP contribution in [0, 0.1) is 0 Å². The van der Waals surface area contributed by atoms with Crippen LogP contribution in [-0.2, 0) is 11.3 Å². The molecule has 0 aromatic heterocycles. The second-order valence-corrected chi connectivity index (χ2v) is 3.85. The molecule has 0 saturated heterocycles. The van der Waals surface area contributed by atoms with Gasteiger partial charge in [0, 0.05) is 20.0 Å². The first-order valence-electron chi connectivity index (χ1n) is 5.44. The van der Waals surface area contributed by atoms with E-state index in [0.29, 0.717) is 12.1 Å². The normalized spacial score (nSPS) is 14.1. The fourth-order valence-electron chi connectivity index (χ4n) is 1.58. The van der Waals surface area contributed by atoms with Crippen LogP contribution in [0.1, 0.15) is 24.2 Å². The van der Waals surface area contributed by atoms with Crippen LogP contribution in [0.5, 0.6) is 0 Å². The van der Waals surface area contributed by atoms with Gasteiger partial charge in [-0.2, -0.15) is 0 Å². The lowest BCUT2D eigenvalue weighted by molar-refractivity contribution is -0.119. The maximum atomic E-state index is 10.7. The molecule has 0 fully saturated rings. The van der Waals surface area contributed by atoms with Crippen molar-refractivity contribution in [1.29, 1.82) is 0 Å². The molecule has 17 heavy (non-hydrogen) atoms. The van der Waals surface area contributed by atoms with E-state index < -0.39 is 12.2 Å². The van der Waals surface area contributed by atoms with Gasteiger partial charge in [0.1, 0.15) is 12.2 Å². The number of carbonyl (C=O) groups excluding carboxylic acids is 1. The molecule has 1 aromatic rings. The molecule has 5 N–H and O–H groups in total. The molecule has 2 unspecified atom stereocenters. The third-order valence-corrected chi connectivity index (χ3v) is 2.52. The molecule has 1 amide bonds. The van der Waals surface area contributed by atoms with E-state index >= 15 is 0 Å². The van der Waals surface area contributed by atoms with Crippen LogP contribution in [-0.4, -0.2) is 28.8 Å². The van der Waals surface area contributed by atoms with E-state index in [-0.39, 0.29) is 12.5 Å². The average molecular weight is 238 g/mol. The molecule has 1 aromatic carbocycles. The van der Waals surface area contributed by atoms with Gasteiger partial charge in [-0.3, -0.25) is 4.79 Å². The Kier molecular flexibility index (Phi) is 5.09. The predicted octanol–water partition coefficient (Wildman–Crippen LogP) is -0.324. The topological polar surface area (TPSA) is 95.6 Å². The zero-order valence-corrected chi connectivity index (χ0v) is 9.76. The molecule has 5 heteroatoms. The SMILES string of the molecule is CC(=O)NCC(O)C(O)c1ccccc1CN. The van der Waals surface area contributed by atoms with Gasteiger partial charge in [0.05, 0.1) is 0 Å². The number of hydrogen-bond donors (Lipinski definition) is 4. The summed E-state index contributed by atoms with van der Waals surface area (Å²) >= 11 is 0. The van der Waals surface area contributed by atoms with Crippen LogP contribution < -0.4 is 11.1 Å². The van der Waals surface area contributed by atoms with Crippen molar-refractivity contribution in [3.05, 3.63) is 35.4 Å². The van der Waals surface area contributed by atoms with Gasteiger partial charge in [-0.05, 0) is 11.1 Å². The lowest BCUT2D eigenvalue weighted by atomic mass is 9.98. The first kappa shape index (κ1) is 13.6. The Morgan fingerprint density at radius 1 is 1.41 bits per heavy atom. The highest BCUT2D eigenvalue weighted by Crippen LogP contribution is 2.20. The van der Waals surface area contributed by atoms with Gasteiger partial charge in [0.15, 0.2) is 0 Å². The van der Waals surface area contributed by atoms with E-state index in [1.807, 2.05) is 6.07 Å². The third-order valence-electron chi connectivity index (χ3n) is 2.52. The minimum Gasteiger partial charge on any atom is -0.388 e. The summed E-state index contributed by atoms with van der Waals surface area (Å²) in [7, 11) is 0. The van der Waals surface area contributed by atoms with Gasteiger partial charge in [-0.1, -0.05) is 24.3 Å². The molecule has 0 spiro atoms. The van der Waals surface area contributed by atoms with Gasteiger partial charge >= 0.3 is 0 Å². The van der Waals surface area contributed by atoms with Gasteiger partial charge in [0.25, 0.3) is 0 Å². The van der Waals surface area contributed by atoms with Crippen molar-refractivity contribution in [2.75, 3.05) is 6.54 Å². The number of nitrogens with two attached hydrogens (primary N) is 1. The quantitative estimate of drug-likeness (QED) is 0.565. The molecule has 0 aliphatic carbocycles. The van der Waals surface area contributed by atoms with E-state index in [1.165, 1.54) is 6.92 Å². The molecular weight excluding hydrogens is 220 g/mol. The molecule has 0 radical (unpaired) electrons. The minimum atomic E-state index is -1.05. The summed E-state index contributed by atoms with van der Waals surface area (Å²) in [5.74, 6) is -0.247. The monoisotopic (exact) mass is 238 g/mol. The summed E-state index contributed by atoms with van der Waals surface area (Å²) in [6.45, 7) is 1.66. The van der Waals surface area contributed by atoms with Gasteiger partial charge in [-0.15, -0.1) is 0 Å². The Morgan fingerprint density at radius 3 is 2.65 bits per heavy atom. The van der Waals surface area contributed by atoms with E-state index in [9.17, 15) is 15.0 Å². The molecule has 0 saturated carbocycles. The highest BCUT2D eigenvalue weighted by Gasteiger charge is 2.20. The van der Waals surface area contributed by atoms with Crippen molar-refractivity contribution in [3.8, 4) is 0 Å². The first-order chi connectivity index (χ1) is 8.06. The van der Waals surface area contributed by atoms with Crippen molar-refractivity contribution in [1.82, 2.24) is 5.32 Å². The second-order valence-electron chi connectivity index (χ2n) is 3.85. The Bertz CT molecular complexity index is 382. The number of aliphatic hydroxyl groups is 2. The fraction of sp³-hybridized carbons (Fsp3) is 0.417. The summed E-state index contributed by atoms with van der Waals surface area (Å²) in [5.41, 5.74) is 6.92. The van der Waals surface area contributed by atoms with Crippen LogP contribution >= 0.6 is 0 Å². The van der Waals surface area contributed by atoms with Crippen LogP contribution in [0.15, 0.2) is 24.3 Å². The standard InChI is InChI=1S/C12H18N2O3/c1-8(15)14-7-11(16)12(17)10-5-3-2-4-9(10)6-13/h2-5,11-12,16-17H,6-7,13H2,1H3,(H,14,15). The molecular formula is C12H18N2O3. The van der Waals surface area contributed by atoms with Gasteiger partial charge in [-0.25, -0.2) is 0 Å². The summed E-state index contributed by atoms with van der Waals surface area (Å²) < 4.78 is 0. The van der Waals surface area contributed by atoms with Crippen molar-refractivity contribution in [3.63, 3.8) is 0 Å². The lowest BCUT2D eigenvalue weighted by Crippen LogP contribution is -2.34. The van der Waals surface area contributed by atoms with Crippen molar-refractivity contribution in [2.24, 2.45) is 5.73 Å². The lowest BCUT2D eigenvalue weighted by Gasteiger charge is -2.20. The molecule has 94 valence electrons. The summed E-state index contributed by atoms with van der Waals surface area (Å²) in [6, 6.07) is 7.09. The van der Waals surface area contributed by atoms with Crippen LogP contribution in [0.25, 0.3) is 0 Å². The van der Waals surface area contributed by atoms with Crippen LogP contribution in [0.4, 0.5) is 0 Å². The summed E-state index contributed by atoms with van der Waals surface area (Å²) in [5, 5.41) is 22.1. The maximum Gasteiger partial charge on any atom is 0.216 e. The average Bonchev–Trinajstić information content (AvgIpc) is 2.34. The van der Waals surface area contributed by atoms with E-state index in [0.717, 1.165) is 5.56 Å². The van der Waals surface area contributed by atoms with Gasteiger partial charge in [0.2, 0.25) is 5.91 Å². The van der Waals surface area contributed by atoms with Crippen molar-refractivity contribution in [2.45, 2.75) is 25.7 Å². The molecule has 1 rings (SSSR count). The second kappa shape index (κ2) is 6.34. The summed E-state index contributed by atoms with van der Waals surface area (Å²) in [4.78, 5) is 10.7. The number of aliphatic hydroxyl groups excluding tert-OH is 2. The van der Waals surface area contributed by atoms with Crippen LogP contribution in [0.2, 0.25) is 0 Å². The molecule has 0 heterocycles. The number of benzene rings is 1. The van der Waals surface area contributed by atoms with E-state index in [4.69, 9.17) is 5.73 Å². The fourth-order valence-corrected chi connectivity index (χ4v) is 1.58. The highest BCUT2D eigenvalue weighted by atomic mass is 16.3. The number of nitrogens with one attached hydrogen (secondary N) is 1. The van der Waals surface area contributed by atoms with Crippen LogP contribution in [0.3, 0.4) is 0 Å². The Balaban J connectivity index is 2.73. The van der Waals surface area contributed by atoms with E-state index in [1.54, 1.807) is 18.2 Å². The Hall–Kier alpha value is -1.43. The molecule has 0 aliphatic rings. The smallest absolute Gasteiger partial charge is 0.216 e. The number of amides is 1. The molecule has 0 aliphatic heterocycles. The van der Waals surface area contributed by atoms with Crippen molar-refractivity contribution >= 4 is 5.91 Å². The predicted molar refractivity (Wildman–Crippen MR) is 64.0 cm³/mol. The number of rotatable bonds is 5. The number of carbonyl (C=O) groups is 1. The Morgan fingerprint density at radius 2 is 2.06 bits per heavy atom. The first-order valence-corrected chi connectivity index (χ1v) is 5.44. The zero-order valence-electron chi connectivity index (χ0n) is 9.76. The van der Waals surface area contributed by atoms with Crippen molar-refractivity contribution < 1.29 is 15.0 Å². The van der Waals surface area contributed by atoms with E-state index in [2.05, 4.69) is 5.32 Å². The molecule has 0 bridgehead atoms. The summed E-state index contributed by atoms with van der Waals surface area (Å²) in [6.07, 6.45) is -2.10. The number of hydrogen-bond acceptors (Lipinski definition) is 4. The largest absolute Gasteiger partial charge is 0.388 e. The third kappa shape index (κ3) is 3.81. The highest BCUT2D eigenvalue weighted by molar-refractivity contribution is 5.72. The zero-order chi connectivity index (χ0) is 12.8. The minimum absolute atomic E-state index is 0.00933. The molecule has 2 atom stereocenters. The molecule has 5 nitrogen and oxygen atoms in total. The Labute approximate surface area is 100 Å². The van der Waals surface area contributed by atoms with Gasteiger partial charge < -0.3 is 21.3 Å². The maximum absolute atomic E-state index is 10.7.